The maximum Gasteiger partial charge on any atom is 0.307 e. The molecule has 124 valence electrons. The Morgan fingerprint density at radius 2 is 2.05 bits per heavy atom. The second-order valence-electron chi connectivity index (χ2n) is 6.59. The number of aliphatic hydroxyl groups is 1. The van der Waals surface area contributed by atoms with Crippen LogP contribution in [-0.2, 0) is 15.0 Å². The molecule has 0 aromatic heterocycles. The lowest BCUT2D eigenvalue weighted by Crippen LogP contribution is -2.53. The highest BCUT2D eigenvalue weighted by Crippen LogP contribution is 2.24. The SMILES string of the molecule is CC(C)(C)C(CCO)NS(=O)(=O)N1CCCC(C(=O)O)C1. The molecule has 8 heteroatoms. The van der Waals surface area contributed by atoms with Crippen LogP contribution in [0.5, 0.6) is 0 Å². The Bertz CT molecular complexity index is 458. The molecule has 0 spiro atoms. The van der Waals surface area contributed by atoms with Crippen LogP contribution < -0.4 is 4.72 Å². The van der Waals surface area contributed by atoms with Gasteiger partial charge in [0.05, 0.1) is 5.92 Å². The Hall–Kier alpha value is -0.700. The fourth-order valence-electron chi connectivity index (χ4n) is 2.41. The van der Waals surface area contributed by atoms with Crippen LogP contribution in [0.3, 0.4) is 0 Å². The van der Waals surface area contributed by atoms with Gasteiger partial charge in [0.25, 0.3) is 10.2 Å². The third kappa shape index (κ3) is 5.21. The summed E-state index contributed by atoms with van der Waals surface area (Å²) in [5.41, 5.74) is -0.336. The highest BCUT2D eigenvalue weighted by molar-refractivity contribution is 7.87. The minimum atomic E-state index is -3.75. The van der Waals surface area contributed by atoms with Crippen LogP contribution in [0, 0.1) is 11.3 Å². The summed E-state index contributed by atoms with van der Waals surface area (Å²) in [4.78, 5) is 11.0. The molecular formula is C13H26N2O5S. The second-order valence-corrected chi connectivity index (χ2v) is 8.29. The molecule has 0 bridgehead atoms. The number of hydrogen-bond acceptors (Lipinski definition) is 4. The molecule has 0 radical (unpaired) electrons. The summed E-state index contributed by atoms with van der Waals surface area (Å²) in [6.07, 6.45) is 1.36. The highest BCUT2D eigenvalue weighted by Gasteiger charge is 2.35. The summed E-state index contributed by atoms with van der Waals surface area (Å²) in [7, 11) is -3.75. The van der Waals surface area contributed by atoms with Crippen molar-refractivity contribution < 1.29 is 23.4 Å². The van der Waals surface area contributed by atoms with Crippen molar-refractivity contribution in [2.24, 2.45) is 11.3 Å². The molecule has 1 rings (SSSR count). The van der Waals surface area contributed by atoms with Gasteiger partial charge in [-0.25, -0.2) is 0 Å². The third-order valence-corrected chi connectivity index (χ3v) is 5.42. The zero-order valence-corrected chi connectivity index (χ0v) is 13.7. The summed E-state index contributed by atoms with van der Waals surface area (Å²) in [6, 6.07) is -0.405. The second kappa shape index (κ2) is 7.04. The van der Waals surface area contributed by atoms with Crippen molar-refractivity contribution >= 4 is 16.2 Å². The molecule has 0 aliphatic carbocycles. The van der Waals surface area contributed by atoms with E-state index >= 15 is 0 Å². The number of rotatable bonds is 6. The molecule has 7 nitrogen and oxygen atoms in total. The lowest BCUT2D eigenvalue weighted by molar-refractivity contribution is -0.142. The van der Waals surface area contributed by atoms with Gasteiger partial charge in [0.15, 0.2) is 0 Å². The maximum atomic E-state index is 12.4. The summed E-state index contributed by atoms with van der Waals surface area (Å²) in [5, 5.41) is 18.1. The number of aliphatic carboxylic acids is 1. The Kier molecular flexibility index (Phi) is 6.15. The van der Waals surface area contributed by atoms with Crippen molar-refractivity contribution in [1.29, 1.82) is 0 Å². The molecule has 0 aromatic rings. The van der Waals surface area contributed by atoms with Crippen LogP contribution in [-0.4, -0.2) is 54.6 Å². The van der Waals surface area contributed by atoms with E-state index in [0.717, 1.165) is 0 Å². The van der Waals surface area contributed by atoms with E-state index in [0.29, 0.717) is 25.8 Å². The fraction of sp³-hybridized carbons (Fsp3) is 0.923. The number of hydrogen-bond donors (Lipinski definition) is 3. The van der Waals surface area contributed by atoms with E-state index < -0.39 is 28.1 Å². The van der Waals surface area contributed by atoms with Crippen molar-refractivity contribution in [3.63, 3.8) is 0 Å². The molecule has 1 saturated heterocycles. The Balaban J connectivity index is 2.82. The van der Waals surface area contributed by atoms with Crippen LogP contribution in [0.15, 0.2) is 0 Å². The number of piperidine rings is 1. The topological polar surface area (TPSA) is 107 Å². The first-order valence-corrected chi connectivity index (χ1v) is 8.63. The van der Waals surface area contributed by atoms with Crippen LogP contribution in [0.1, 0.15) is 40.0 Å². The lowest BCUT2D eigenvalue weighted by Gasteiger charge is -2.35. The van der Waals surface area contributed by atoms with Gasteiger partial charge in [-0.1, -0.05) is 20.8 Å². The minimum Gasteiger partial charge on any atom is -0.481 e. The van der Waals surface area contributed by atoms with Gasteiger partial charge >= 0.3 is 5.97 Å². The molecule has 0 saturated carbocycles. The maximum absolute atomic E-state index is 12.4. The third-order valence-electron chi connectivity index (χ3n) is 3.83. The predicted octanol–water partition coefficient (Wildman–Crippen LogP) is 0.415. The number of carboxylic acids is 1. The van der Waals surface area contributed by atoms with Gasteiger partial charge in [0.2, 0.25) is 0 Å². The fourth-order valence-corrected chi connectivity index (χ4v) is 4.14. The van der Waals surface area contributed by atoms with Crippen molar-refractivity contribution in [2.75, 3.05) is 19.7 Å². The van der Waals surface area contributed by atoms with Crippen molar-refractivity contribution in [2.45, 2.75) is 46.1 Å². The molecule has 0 amide bonds. The van der Waals surface area contributed by atoms with Gasteiger partial charge < -0.3 is 10.2 Å². The number of nitrogens with one attached hydrogen (secondary N) is 1. The zero-order valence-electron chi connectivity index (χ0n) is 12.9. The summed E-state index contributed by atoms with van der Waals surface area (Å²) < 4.78 is 28.7. The van der Waals surface area contributed by atoms with Gasteiger partial charge in [0.1, 0.15) is 0 Å². The van der Waals surface area contributed by atoms with Crippen LogP contribution in [0.4, 0.5) is 0 Å². The molecule has 0 aromatic carbocycles. The normalized spacial score (nSPS) is 23.0. The van der Waals surface area contributed by atoms with Gasteiger partial charge in [-0.15, -0.1) is 0 Å². The average molecular weight is 322 g/mol. The number of nitrogens with zero attached hydrogens (tertiary/aromatic N) is 1. The van der Waals surface area contributed by atoms with Gasteiger partial charge in [-0.2, -0.15) is 17.4 Å². The first kappa shape index (κ1) is 18.3. The summed E-state index contributed by atoms with van der Waals surface area (Å²) >= 11 is 0. The quantitative estimate of drug-likeness (QED) is 0.657. The number of aliphatic hydroxyl groups excluding tert-OH is 1. The zero-order chi connectivity index (χ0) is 16.3. The van der Waals surface area contributed by atoms with E-state index in [1.165, 1.54) is 4.31 Å². The molecule has 2 unspecified atom stereocenters. The molecular weight excluding hydrogens is 296 g/mol. The molecule has 21 heavy (non-hydrogen) atoms. The molecule has 1 fully saturated rings. The van der Waals surface area contributed by atoms with Crippen LogP contribution >= 0.6 is 0 Å². The first-order chi connectivity index (χ1) is 9.58. The molecule has 1 aliphatic rings. The summed E-state index contributed by atoms with van der Waals surface area (Å²) in [5.74, 6) is -1.61. The van der Waals surface area contributed by atoms with Crippen molar-refractivity contribution in [3.05, 3.63) is 0 Å². The van der Waals surface area contributed by atoms with E-state index in [1.807, 2.05) is 20.8 Å². The largest absolute Gasteiger partial charge is 0.481 e. The average Bonchev–Trinajstić information content (AvgIpc) is 2.37. The van der Waals surface area contributed by atoms with E-state index in [9.17, 15) is 13.2 Å². The van der Waals surface area contributed by atoms with Crippen molar-refractivity contribution in [3.8, 4) is 0 Å². The summed E-state index contributed by atoms with van der Waals surface area (Å²) in [6.45, 7) is 5.91. The van der Waals surface area contributed by atoms with E-state index in [-0.39, 0.29) is 18.6 Å². The number of carbonyl (C=O) groups is 1. The van der Waals surface area contributed by atoms with Gasteiger partial charge in [0, 0.05) is 25.7 Å². The molecule has 1 heterocycles. The van der Waals surface area contributed by atoms with Crippen molar-refractivity contribution in [1.82, 2.24) is 9.03 Å². The van der Waals surface area contributed by atoms with E-state index in [1.54, 1.807) is 0 Å². The lowest BCUT2D eigenvalue weighted by atomic mass is 9.86. The monoisotopic (exact) mass is 322 g/mol. The Morgan fingerprint density at radius 3 is 2.52 bits per heavy atom. The van der Waals surface area contributed by atoms with E-state index in [4.69, 9.17) is 10.2 Å². The number of carboxylic acid groups (broad SMARTS) is 1. The van der Waals surface area contributed by atoms with Gasteiger partial charge in [-0.05, 0) is 24.7 Å². The first-order valence-electron chi connectivity index (χ1n) is 7.19. The highest BCUT2D eigenvalue weighted by atomic mass is 32.2. The predicted molar refractivity (Wildman–Crippen MR) is 78.9 cm³/mol. The minimum absolute atomic E-state index is 0.000649. The Morgan fingerprint density at radius 1 is 1.43 bits per heavy atom. The molecule has 2 atom stereocenters. The Labute approximate surface area is 126 Å². The molecule has 3 N–H and O–H groups in total. The standard InChI is InChI=1S/C13H26N2O5S/c1-13(2,3)11(6-8-16)14-21(19,20)15-7-4-5-10(9-15)12(17)18/h10-11,14,16H,4-9H2,1-3H3,(H,17,18). The van der Waals surface area contributed by atoms with E-state index in [2.05, 4.69) is 4.72 Å². The smallest absolute Gasteiger partial charge is 0.307 e. The van der Waals surface area contributed by atoms with Crippen LogP contribution in [0.25, 0.3) is 0 Å². The van der Waals surface area contributed by atoms with Crippen LogP contribution in [0.2, 0.25) is 0 Å². The van der Waals surface area contributed by atoms with Gasteiger partial charge in [-0.3, -0.25) is 4.79 Å². The molecule has 1 aliphatic heterocycles.